The van der Waals surface area contributed by atoms with Crippen molar-refractivity contribution in [1.29, 1.82) is 0 Å². The molecule has 182 valence electrons. The fraction of sp³-hybridized carbons (Fsp3) is 0.304. The Morgan fingerprint density at radius 1 is 1.31 bits per heavy atom. The van der Waals surface area contributed by atoms with E-state index >= 15 is 0 Å². The molecule has 1 aliphatic carbocycles. The molecule has 35 heavy (non-hydrogen) atoms. The number of hydrazone groups is 1. The third-order valence-electron chi connectivity index (χ3n) is 5.83. The largest absolute Gasteiger partial charge is 0.454 e. The minimum Gasteiger partial charge on any atom is -0.454 e. The van der Waals surface area contributed by atoms with Crippen LogP contribution >= 0.6 is 11.6 Å². The van der Waals surface area contributed by atoms with Crippen molar-refractivity contribution in [1.82, 2.24) is 15.2 Å². The van der Waals surface area contributed by atoms with Crippen molar-refractivity contribution in [3.05, 3.63) is 74.3 Å². The van der Waals surface area contributed by atoms with E-state index in [0.29, 0.717) is 22.9 Å². The van der Waals surface area contributed by atoms with E-state index in [4.69, 9.17) is 16.0 Å². The van der Waals surface area contributed by atoms with Gasteiger partial charge in [0.05, 0.1) is 16.5 Å². The third kappa shape index (κ3) is 5.40. The summed E-state index contributed by atoms with van der Waals surface area (Å²) in [7, 11) is 0. The molecule has 0 aliphatic heterocycles. The average molecular weight is 499 g/mol. The summed E-state index contributed by atoms with van der Waals surface area (Å²) in [5.41, 5.74) is 4.81. The Morgan fingerprint density at radius 3 is 2.74 bits per heavy atom. The molecule has 4 rings (SSSR count). The number of carbonyl (C=O) groups excluding carboxylic acids is 2. The van der Waals surface area contributed by atoms with Crippen molar-refractivity contribution in [3.63, 3.8) is 0 Å². The fourth-order valence-corrected chi connectivity index (χ4v) is 3.71. The summed E-state index contributed by atoms with van der Waals surface area (Å²) in [6.45, 7) is 3.40. The van der Waals surface area contributed by atoms with Crippen molar-refractivity contribution in [2.75, 3.05) is 5.32 Å². The molecule has 1 saturated carbocycles. The van der Waals surface area contributed by atoms with Crippen molar-refractivity contribution >= 4 is 40.6 Å². The van der Waals surface area contributed by atoms with Gasteiger partial charge in [0.15, 0.2) is 10.8 Å². The zero-order valence-electron chi connectivity index (χ0n) is 19.1. The first-order valence-corrected chi connectivity index (χ1v) is 11.3. The molecule has 2 N–H and O–H groups in total. The lowest BCUT2D eigenvalue weighted by atomic mass is 9.85. The molecule has 2 amide bonds. The van der Waals surface area contributed by atoms with E-state index in [1.807, 2.05) is 6.07 Å². The number of benzene rings is 1. The number of amides is 2. The molecule has 0 bridgehead atoms. The van der Waals surface area contributed by atoms with Gasteiger partial charge in [0.2, 0.25) is 5.91 Å². The predicted molar refractivity (Wildman–Crippen MR) is 129 cm³/mol. The predicted octanol–water partition coefficient (Wildman–Crippen LogP) is 4.29. The topological polar surface area (TPSA) is 145 Å². The van der Waals surface area contributed by atoms with Crippen molar-refractivity contribution < 1.29 is 18.9 Å². The first-order chi connectivity index (χ1) is 16.7. The Balaban J connectivity index is 1.38. The van der Waals surface area contributed by atoms with Crippen LogP contribution in [-0.2, 0) is 11.3 Å². The van der Waals surface area contributed by atoms with Crippen LogP contribution in [0, 0.1) is 23.0 Å². The number of nitro groups is 1. The monoisotopic (exact) mass is 498 g/mol. The van der Waals surface area contributed by atoms with Gasteiger partial charge >= 0.3 is 11.7 Å². The molecule has 0 spiro atoms. The normalized spacial score (nSPS) is 13.9. The third-order valence-corrected chi connectivity index (χ3v) is 6.27. The Labute approximate surface area is 205 Å². The van der Waals surface area contributed by atoms with Gasteiger partial charge in [-0.05, 0) is 61.4 Å². The molecular formula is C23H23ClN6O5. The fourth-order valence-electron chi connectivity index (χ4n) is 3.50. The van der Waals surface area contributed by atoms with Gasteiger partial charge in [-0.2, -0.15) is 9.78 Å². The van der Waals surface area contributed by atoms with Gasteiger partial charge in [0.25, 0.3) is 0 Å². The number of nitrogens with zero attached hydrogens (tertiary/aromatic N) is 4. The van der Waals surface area contributed by atoms with Gasteiger partial charge in [-0.25, -0.2) is 5.43 Å². The zero-order chi connectivity index (χ0) is 25.1. The minimum atomic E-state index is -0.662. The number of halogens is 1. The Morgan fingerprint density at radius 2 is 2.09 bits per heavy atom. The Bertz CT molecular complexity index is 1320. The number of anilines is 1. The molecule has 1 fully saturated rings. The van der Waals surface area contributed by atoms with Crippen LogP contribution in [0.25, 0.3) is 0 Å². The lowest BCUT2D eigenvalue weighted by Crippen LogP contribution is -2.28. The summed E-state index contributed by atoms with van der Waals surface area (Å²) in [4.78, 5) is 35.0. The van der Waals surface area contributed by atoms with Gasteiger partial charge in [-0.3, -0.25) is 9.59 Å². The lowest BCUT2D eigenvalue weighted by molar-refractivity contribution is -0.389. The number of carbonyl (C=O) groups is 2. The second kappa shape index (κ2) is 10.1. The van der Waals surface area contributed by atoms with Crippen LogP contribution in [0.2, 0.25) is 5.02 Å². The standard InChI is InChI=1S/C23H23ClN6O5/c1-13(16-7-4-8-17(11-16)25-22(31)15-5-3-6-15)26-27-23(32)19-10-9-18(35-19)12-29-14(2)20(24)21(28-29)30(33)34/h4,7-11,15H,3,5-6,12H2,1-2H3,(H,25,31)(H,27,32)/b26-13-. The smallest absolute Gasteiger partial charge is 0.408 e. The van der Waals surface area contributed by atoms with Crippen molar-refractivity contribution in [3.8, 4) is 0 Å². The first kappa shape index (κ1) is 24.1. The molecule has 0 saturated heterocycles. The summed E-state index contributed by atoms with van der Waals surface area (Å²) < 4.78 is 6.88. The zero-order valence-corrected chi connectivity index (χ0v) is 19.8. The quantitative estimate of drug-likeness (QED) is 0.269. The molecule has 1 aromatic carbocycles. The van der Waals surface area contributed by atoms with E-state index in [0.717, 1.165) is 24.8 Å². The molecule has 1 aliphatic rings. The van der Waals surface area contributed by atoms with E-state index in [1.165, 1.54) is 10.7 Å². The van der Waals surface area contributed by atoms with Crippen molar-refractivity contribution in [2.24, 2.45) is 11.0 Å². The lowest BCUT2D eigenvalue weighted by Gasteiger charge is -2.24. The van der Waals surface area contributed by atoms with Crippen LogP contribution in [0.3, 0.4) is 0 Å². The van der Waals surface area contributed by atoms with Crippen LogP contribution in [-0.4, -0.2) is 32.2 Å². The summed E-state index contributed by atoms with van der Waals surface area (Å²) in [6, 6.07) is 10.3. The molecule has 0 unspecified atom stereocenters. The van der Waals surface area contributed by atoms with E-state index in [9.17, 15) is 19.7 Å². The Hall–Kier alpha value is -3.99. The van der Waals surface area contributed by atoms with Gasteiger partial charge in [-0.15, -0.1) is 0 Å². The SMILES string of the molecule is C/C(=N/NC(=O)c1ccc(Cn2nc([N+](=O)[O-])c(Cl)c2C)o1)c1cccc(NC(=O)C2CCC2)c1. The average Bonchev–Trinajstić information content (AvgIpc) is 3.36. The van der Waals surface area contributed by atoms with Crippen molar-refractivity contribution in [2.45, 2.75) is 39.7 Å². The number of hydrogen-bond acceptors (Lipinski definition) is 7. The molecule has 11 nitrogen and oxygen atoms in total. The van der Waals surface area contributed by atoms with Crippen LogP contribution in [0.15, 0.2) is 45.9 Å². The first-order valence-electron chi connectivity index (χ1n) is 10.9. The molecule has 0 atom stereocenters. The number of hydrogen-bond donors (Lipinski definition) is 2. The summed E-state index contributed by atoms with van der Waals surface area (Å²) >= 11 is 5.95. The maximum absolute atomic E-state index is 12.5. The Kier molecular flexibility index (Phi) is 6.97. The van der Waals surface area contributed by atoms with Gasteiger partial charge in [0, 0.05) is 11.6 Å². The van der Waals surface area contributed by atoms with E-state index in [1.54, 1.807) is 38.1 Å². The summed E-state index contributed by atoms with van der Waals surface area (Å²) in [5, 5.41) is 21.9. The van der Waals surface area contributed by atoms with E-state index < -0.39 is 16.6 Å². The molecule has 12 heteroatoms. The van der Waals surface area contributed by atoms with Crippen LogP contribution in [0.5, 0.6) is 0 Å². The molecule has 2 heterocycles. The van der Waals surface area contributed by atoms with Gasteiger partial charge < -0.3 is 19.8 Å². The van der Waals surface area contributed by atoms with Gasteiger partial charge in [0.1, 0.15) is 12.3 Å². The molecule has 0 radical (unpaired) electrons. The highest BCUT2D eigenvalue weighted by atomic mass is 35.5. The van der Waals surface area contributed by atoms with E-state index in [-0.39, 0.29) is 29.2 Å². The minimum absolute atomic E-state index is 0.0171. The molecular weight excluding hydrogens is 476 g/mol. The number of furan rings is 1. The summed E-state index contributed by atoms with van der Waals surface area (Å²) in [5.74, 6) is -0.523. The second-order valence-electron chi connectivity index (χ2n) is 8.24. The highest BCUT2D eigenvalue weighted by Gasteiger charge is 2.26. The van der Waals surface area contributed by atoms with Crippen LogP contribution < -0.4 is 10.7 Å². The van der Waals surface area contributed by atoms with E-state index in [2.05, 4.69) is 20.9 Å². The number of nitrogens with one attached hydrogen (secondary N) is 2. The maximum atomic E-state index is 12.5. The van der Waals surface area contributed by atoms with Crippen LogP contribution in [0.1, 0.15) is 53.8 Å². The molecule has 3 aromatic rings. The van der Waals surface area contributed by atoms with Crippen LogP contribution in [0.4, 0.5) is 11.5 Å². The highest BCUT2D eigenvalue weighted by molar-refractivity contribution is 6.33. The number of rotatable bonds is 8. The highest BCUT2D eigenvalue weighted by Crippen LogP contribution is 2.28. The summed E-state index contributed by atoms with van der Waals surface area (Å²) in [6.07, 6.45) is 2.92. The molecule has 2 aromatic heterocycles. The maximum Gasteiger partial charge on any atom is 0.408 e. The number of aromatic nitrogens is 2. The van der Waals surface area contributed by atoms with Gasteiger partial charge in [-0.1, -0.05) is 30.2 Å². The second-order valence-corrected chi connectivity index (χ2v) is 8.62.